The smallest absolute Gasteiger partial charge is 0.382 e. The second-order valence-electron chi connectivity index (χ2n) is 17.0. The van der Waals surface area contributed by atoms with Gasteiger partial charge in [0, 0.05) is 61.3 Å². The fourth-order valence-corrected chi connectivity index (χ4v) is 8.91. The predicted molar refractivity (Wildman–Crippen MR) is 235 cm³/mol. The van der Waals surface area contributed by atoms with Gasteiger partial charge >= 0.3 is 6.18 Å². The van der Waals surface area contributed by atoms with Gasteiger partial charge in [-0.1, -0.05) is 80.6 Å². The Morgan fingerprint density at radius 2 is 1.56 bits per heavy atom. The minimum atomic E-state index is -4.42. The number of anilines is 2. The van der Waals surface area contributed by atoms with Gasteiger partial charge in [0.1, 0.15) is 12.1 Å². The average molecular weight is 845 g/mol. The van der Waals surface area contributed by atoms with Crippen LogP contribution < -0.4 is 21.3 Å². The van der Waals surface area contributed by atoms with E-state index in [-0.39, 0.29) is 17.5 Å². The Morgan fingerprint density at radius 3 is 2.25 bits per heavy atom. The Kier molecular flexibility index (Phi) is 15.6. The Morgan fingerprint density at radius 1 is 0.885 bits per heavy atom. The predicted octanol–water partition coefficient (Wildman–Crippen LogP) is 7.33. The van der Waals surface area contributed by atoms with Crippen molar-refractivity contribution in [1.82, 2.24) is 25.3 Å². The van der Waals surface area contributed by atoms with Crippen LogP contribution in [-0.2, 0) is 22.2 Å². The standard InChI is InChI=1S/C47H63F3N8O3/c1-31-28-42(53-45(60)43(59)41(51)29-35-16-11-10-12-17-35)46(61)58(31)23-14-9-7-5-6-8-13-22-56-24-26-57(27-25-56)36-20-21-38-34(4)54-55-44(39(38)30-36)52-33(3)37-18-15-19-40(32(37)2)47(48,49)50/h10-12,15-21,30-31,33,41-43,59H,5-9,13-14,22-29,51H2,1-4H3,(H,52,55)(H,53,60). The van der Waals surface area contributed by atoms with Crippen LogP contribution in [0.4, 0.5) is 24.7 Å². The molecule has 14 heteroatoms. The number of fused-ring (bicyclic) bond motifs is 1. The number of benzene rings is 3. The van der Waals surface area contributed by atoms with E-state index in [0.717, 1.165) is 98.6 Å². The lowest BCUT2D eigenvalue weighted by molar-refractivity contribution is -0.138. The highest BCUT2D eigenvalue weighted by molar-refractivity contribution is 5.95. The second kappa shape index (κ2) is 20.9. The monoisotopic (exact) mass is 844 g/mol. The van der Waals surface area contributed by atoms with Crippen molar-refractivity contribution >= 4 is 34.1 Å². The number of unbranched alkanes of at least 4 members (excludes halogenated alkanes) is 6. The maximum absolute atomic E-state index is 13.6. The maximum atomic E-state index is 13.6. The largest absolute Gasteiger partial charge is 0.416 e. The fraction of sp³-hybridized carbons (Fsp3) is 0.532. The number of carbonyl (C=O) groups is 2. The summed E-state index contributed by atoms with van der Waals surface area (Å²) in [6.07, 6.45) is 2.87. The molecule has 0 aliphatic carbocycles. The number of aliphatic hydroxyl groups excluding tert-OH is 1. The molecule has 3 aromatic carbocycles. The molecule has 2 amide bonds. The molecule has 0 spiro atoms. The van der Waals surface area contributed by atoms with E-state index < -0.39 is 41.9 Å². The number of aromatic nitrogens is 2. The van der Waals surface area contributed by atoms with Crippen LogP contribution in [0.1, 0.15) is 99.2 Å². The van der Waals surface area contributed by atoms with Gasteiger partial charge in [-0.2, -0.15) is 18.3 Å². The first kappa shape index (κ1) is 45.7. The van der Waals surface area contributed by atoms with E-state index in [0.29, 0.717) is 30.8 Å². The van der Waals surface area contributed by atoms with Crippen molar-refractivity contribution in [2.45, 2.75) is 122 Å². The highest BCUT2D eigenvalue weighted by Gasteiger charge is 2.39. The van der Waals surface area contributed by atoms with Crippen molar-refractivity contribution in [3.63, 3.8) is 0 Å². The van der Waals surface area contributed by atoms with Gasteiger partial charge in [0.2, 0.25) is 5.91 Å². The summed E-state index contributed by atoms with van der Waals surface area (Å²) in [4.78, 5) is 32.7. The zero-order valence-electron chi connectivity index (χ0n) is 36.1. The Hall–Kier alpha value is -4.79. The summed E-state index contributed by atoms with van der Waals surface area (Å²) in [5.74, 6) is -0.135. The second-order valence-corrected chi connectivity index (χ2v) is 17.0. The van der Waals surface area contributed by atoms with Gasteiger partial charge in [-0.15, -0.1) is 5.10 Å². The topological polar surface area (TPSA) is 140 Å². The Labute approximate surface area is 358 Å². The van der Waals surface area contributed by atoms with E-state index in [4.69, 9.17) is 5.73 Å². The summed E-state index contributed by atoms with van der Waals surface area (Å²) in [7, 11) is 0. The van der Waals surface area contributed by atoms with E-state index in [1.54, 1.807) is 6.07 Å². The van der Waals surface area contributed by atoms with Crippen molar-refractivity contribution in [3.05, 3.63) is 94.7 Å². The highest BCUT2D eigenvalue weighted by Crippen LogP contribution is 2.36. The van der Waals surface area contributed by atoms with Gasteiger partial charge in [0.15, 0.2) is 5.82 Å². The summed E-state index contributed by atoms with van der Waals surface area (Å²) in [6.45, 7) is 12.8. The molecule has 6 rings (SSSR count). The zero-order chi connectivity index (χ0) is 43.7. The molecule has 11 nitrogen and oxygen atoms in total. The summed E-state index contributed by atoms with van der Waals surface area (Å²) in [6, 6.07) is 18.3. The number of hydrogen-bond acceptors (Lipinski definition) is 9. The number of piperazine rings is 1. The first-order valence-corrected chi connectivity index (χ1v) is 22.0. The SMILES string of the molecule is Cc1c(C(C)Nc2nnc(C)c3ccc(N4CCN(CCCCCCCCCN5C(=O)C(NC(=O)C(O)C(N)Cc6ccccc6)CC5C)CC4)cc23)cccc1C(F)(F)F. The molecule has 0 saturated carbocycles. The number of halogens is 3. The average Bonchev–Trinajstić information content (AvgIpc) is 3.50. The molecule has 3 heterocycles. The van der Waals surface area contributed by atoms with Gasteiger partial charge in [-0.05, 0) is 94.8 Å². The third kappa shape index (κ3) is 11.8. The molecule has 5 N–H and O–H groups in total. The minimum absolute atomic E-state index is 0.0268. The molecule has 2 saturated heterocycles. The van der Waals surface area contributed by atoms with Crippen molar-refractivity contribution in [3.8, 4) is 0 Å². The third-order valence-electron chi connectivity index (χ3n) is 12.6. The molecule has 0 radical (unpaired) electrons. The lowest BCUT2D eigenvalue weighted by Crippen LogP contribution is -2.51. The Balaban J connectivity index is 0.866. The molecule has 2 aliphatic rings. The first-order chi connectivity index (χ1) is 29.2. The highest BCUT2D eigenvalue weighted by atomic mass is 19.4. The number of rotatable bonds is 19. The quantitative estimate of drug-likeness (QED) is 0.0715. The number of hydrogen-bond donors (Lipinski definition) is 4. The van der Waals surface area contributed by atoms with Crippen LogP contribution in [0.3, 0.4) is 0 Å². The molecular weight excluding hydrogens is 782 g/mol. The van der Waals surface area contributed by atoms with Gasteiger partial charge in [-0.3, -0.25) is 14.5 Å². The summed E-state index contributed by atoms with van der Waals surface area (Å²) in [5.41, 5.74) is 9.10. The third-order valence-corrected chi connectivity index (χ3v) is 12.6. The molecular formula is C47H63F3N8O3. The minimum Gasteiger partial charge on any atom is -0.382 e. The van der Waals surface area contributed by atoms with Crippen LogP contribution in [0.2, 0.25) is 0 Å². The zero-order valence-corrected chi connectivity index (χ0v) is 36.1. The van der Waals surface area contributed by atoms with Gasteiger partial charge in [0.05, 0.1) is 17.3 Å². The van der Waals surface area contributed by atoms with E-state index in [9.17, 15) is 27.9 Å². The number of amides is 2. The number of nitrogens with zero attached hydrogens (tertiary/aromatic N) is 5. The van der Waals surface area contributed by atoms with Crippen molar-refractivity contribution in [2.75, 3.05) is 49.5 Å². The van der Waals surface area contributed by atoms with E-state index in [2.05, 4.69) is 48.8 Å². The van der Waals surface area contributed by atoms with Crippen LogP contribution in [0.15, 0.2) is 66.7 Å². The van der Waals surface area contributed by atoms with Crippen LogP contribution >= 0.6 is 0 Å². The van der Waals surface area contributed by atoms with Crippen molar-refractivity contribution in [2.24, 2.45) is 5.73 Å². The molecule has 2 aliphatic heterocycles. The van der Waals surface area contributed by atoms with Crippen LogP contribution in [-0.4, -0.2) is 100 Å². The summed E-state index contributed by atoms with van der Waals surface area (Å²) in [5, 5.41) is 27.3. The normalized spacial score (nSPS) is 19.0. The number of aryl methyl sites for hydroxylation is 1. The van der Waals surface area contributed by atoms with Gasteiger partial charge in [0.25, 0.3) is 5.91 Å². The molecule has 2 fully saturated rings. The van der Waals surface area contributed by atoms with E-state index in [1.807, 2.05) is 56.0 Å². The van der Waals surface area contributed by atoms with Crippen molar-refractivity contribution in [1.29, 1.82) is 0 Å². The molecule has 1 aromatic heterocycles. The van der Waals surface area contributed by atoms with Crippen LogP contribution in [0.5, 0.6) is 0 Å². The summed E-state index contributed by atoms with van der Waals surface area (Å²) >= 11 is 0. The van der Waals surface area contributed by atoms with E-state index >= 15 is 0 Å². The first-order valence-electron chi connectivity index (χ1n) is 22.0. The van der Waals surface area contributed by atoms with Crippen molar-refractivity contribution < 1.29 is 27.9 Å². The molecule has 4 aromatic rings. The molecule has 330 valence electrons. The lowest BCUT2D eigenvalue weighted by Gasteiger charge is -2.36. The fourth-order valence-electron chi connectivity index (χ4n) is 8.91. The lowest BCUT2D eigenvalue weighted by atomic mass is 9.97. The van der Waals surface area contributed by atoms with Crippen LogP contribution in [0, 0.1) is 13.8 Å². The summed E-state index contributed by atoms with van der Waals surface area (Å²) < 4.78 is 40.9. The number of nitrogens with one attached hydrogen (secondary N) is 2. The van der Waals surface area contributed by atoms with Gasteiger partial charge in [-0.25, -0.2) is 0 Å². The molecule has 61 heavy (non-hydrogen) atoms. The number of carbonyl (C=O) groups excluding carboxylic acids is 2. The molecule has 5 atom stereocenters. The number of likely N-dealkylation sites (tertiary alicyclic amines) is 1. The van der Waals surface area contributed by atoms with Crippen LogP contribution in [0.25, 0.3) is 10.8 Å². The van der Waals surface area contributed by atoms with E-state index in [1.165, 1.54) is 25.8 Å². The number of nitrogens with two attached hydrogens (primary N) is 1. The maximum Gasteiger partial charge on any atom is 0.416 e. The molecule has 5 unspecified atom stereocenters. The van der Waals surface area contributed by atoms with Gasteiger partial charge < -0.3 is 31.3 Å². The number of aliphatic hydroxyl groups is 1. The molecule has 0 bridgehead atoms. The number of alkyl halides is 3. The Bertz CT molecular complexity index is 2080.